The summed E-state index contributed by atoms with van der Waals surface area (Å²) in [7, 11) is 0. The van der Waals surface area contributed by atoms with E-state index in [0.29, 0.717) is 28.4 Å². The number of rotatable bonds is 3. The molecule has 0 amide bonds. The number of aliphatic imine (C=N–C) groups is 1. The fourth-order valence-electron chi connectivity index (χ4n) is 4.22. The minimum Gasteiger partial charge on any atom is -0.506 e. The Balaban J connectivity index is 1.26. The molecule has 1 aliphatic carbocycles. The van der Waals surface area contributed by atoms with Gasteiger partial charge in [-0.25, -0.2) is 4.98 Å². The van der Waals surface area contributed by atoms with Gasteiger partial charge in [0.15, 0.2) is 0 Å². The van der Waals surface area contributed by atoms with Crippen LogP contribution in [0.5, 0.6) is 17.4 Å². The van der Waals surface area contributed by atoms with E-state index in [0.717, 1.165) is 22.4 Å². The Labute approximate surface area is 178 Å². The number of thioether (sulfide) groups is 1. The second kappa shape index (κ2) is 6.89. The van der Waals surface area contributed by atoms with Crippen molar-refractivity contribution in [2.45, 2.75) is 17.7 Å². The first kappa shape index (κ1) is 17.5. The van der Waals surface area contributed by atoms with Crippen LogP contribution in [0.1, 0.15) is 21.9 Å². The SMILES string of the molecule is Oc1cccc2ccc(Oc3cccc(C4=N[C@H]5Cc6ccccc6[C@@H]5S4)c3)nc12. The summed E-state index contributed by atoms with van der Waals surface area (Å²) in [6, 6.07) is 26.0. The van der Waals surface area contributed by atoms with Crippen molar-refractivity contribution in [2.75, 3.05) is 0 Å². The van der Waals surface area contributed by atoms with Crippen LogP contribution >= 0.6 is 11.8 Å². The summed E-state index contributed by atoms with van der Waals surface area (Å²) in [6.45, 7) is 0. The maximum absolute atomic E-state index is 10.1. The third-order valence-corrected chi connectivity index (χ3v) is 7.03. The van der Waals surface area contributed by atoms with E-state index in [1.54, 1.807) is 12.1 Å². The maximum atomic E-state index is 10.1. The first-order chi connectivity index (χ1) is 14.7. The summed E-state index contributed by atoms with van der Waals surface area (Å²) >= 11 is 1.84. The van der Waals surface area contributed by atoms with Gasteiger partial charge in [0, 0.05) is 17.0 Å². The lowest BCUT2D eigenvalue weighted by atomic mass is 10.1. The summed E-state index contributed by atoms with van der Waals surface area (Å²) in [5, 5.41) is 12.4. The molecule has 2 atom stereocenters. The second-order valence-electron chi connectivity index (χ2n) is 7.57. The second-order valence-corrected chi connectivity index (χ2v) is 8.70. The molecule has 5 heteroatoms. The van der Waals surface area contributed by atoms with Crippen LogP contribution in [0.15, 0.2) is 83.9 Å². The third kappa shape index (κ3) is 2.94. The number of para-hydroxylation sites is 1. The fourth-order valence-corrected chi connectivity index (χ4v) is 5.59. The van der Waals surface area contributed by atoms with Gasteiger partial charge in [0.2, 0.25) is 5.88 Å². The Morgan fingerprint density at radius 2 is 1.83 bits per heavy atom. The molecule has 146 valence electrons. The monoisotopic (exact) mass is 410 g/mol. The van der Waals surface area contributed by atoms with Crippen molar-refractivity contribution in [3.05, 3.63) is 95.6 Å². The molecule has 3 aromatic carbocycles. The highest BCUT2D eigenvalue weighted by molar-refractivity contribution is 8.15. The third-order valence-electron chi connectivity index (χ3n) is 5.64. The molecular formula is C25H18N2O2S. The molecule has 0 saturated heterocycles. The normalized spacial score (nSPS) is 19.4. The van der Waals surface area contributed by atoms with E-state index in [-0.39, 0.29) is 5.75 Å². The zero-order valence-electron chi connectivity index (χ0n) is 16.0. The van der Waals surface area contributed by atoms with Crippen LogP contribution in [0, 0.1) is 0 Å². The molecule has 4 aromatic rings. The Morgan fingerprint density at radius 3 is 2.80 bits per heavy atom. The molecule has 1 N–H and O–H groups in total. The van der Waals surface area contributed by atoms with Gasteiger partial charge in [-0.3, -0.25) is 4.99 Å². The maximum Gasteiger partial charge on any atom is 0.219 e. The predicted octanol–water partition coefficient (Wildman–Crippen LogP) is 5.89. The average Bonchev–Trinajstić information content (AvgIpc) is 3.33. The zero-order valence-corrected chi connectivity index (χ0v) is 16.8. The number of benzene rings is 3. The first-order valence-electron chi connectivity index (χ1n) is 9.94. The molecule has 1 aliphatic heterocycles. The van der Waals surface area contributed by atoms with E-state index in [1.807, 2.05) is 48.2 Å². The van der Waals surface area contributed by atoms with Gasteiger partial charge in [-0.15, -0.1) is 0 Å². The van der Waals surface area contributed by atoms with Gasteiger partial charge in [-0.2, -0.15) is 0 Å². The molecule has 0 spiro atoms. The van der Waals surface area contributed by atoms with Crippen LogP contribution in [0.2, 0.25) is 0 Å². The Hall–Kier alpha value is -3.31. The van der Waals surface area contributed by atoms with E-state index in [4.69, 9.17) is 9.73 Å². The molecule has 30 heavy (non-hydrogen) atoms. The van der Waals surface area contributed by atoms with Crippen molar-refractivity contribution >= 4 is 27.7 Å². The van der Waals surface area contributed by atoms with Crippen LogP contribution < -0.4 is 4.74 Å². The Kier molecular flexibility index (Phi) is 4.03. The Bertz CT molecular complexity index is 1320. The summed E-state index contributed by atoms with van der Waals surface area (Å²) in [6.07, 6.45) is 1.01. The van der Waals surface area contributed by atoms with Gasteiger partial charge >= 0.3 is 0 Å². The molecule has 0 fully saturated rings. The summed E-state index contributed by atoms with van der Waals surface area (Å²) in [4.78, 5) is 9.47. The molecule has 4 nitrogen and oxygen atoms in total. The average molecular weight is 410 g/mol. The topological polar surface area (TPSA) is 54.7 Å². The smallest absolute Gasteiger partial charge is 0.219 e. The van der Waals surface area contributed by atoms with Crippen molar-refractivity contribution in [1.82, 2.24) is 4.98 Å². The molecule has 0 saturated carbocycles. The molecule has 0 radical (unpaired) electrons. The van der Waals surface area contributed by atoms with Crippen LogP contribution in [0.3, 0.4) is 0 Å². The van der Waals surface area contributed by atoms with Crippen LogP contribution in [-0.2, 0) is 6.42 Å². The molecule has 0 bridgehead atoms. The summed E-state index contributed by atoms with van der Waals surface area (Å²) in [5.41, 5.74) is 4.44. The quantitative estimate of drug-likeness (QED) is 0.457. The largest absolute Gasteiger partial charge is 0.506 e. The van der Waals surface area contributed by atoms with E-state index in [1.165, 1.54) is 11.1 Å². The Morgan fingerprint density at radius 1 is 0.933 bits per heavy atom. The van der Waals surface area contributed by atoms with Crippen molar-refractivity contribution in [1.29, 1.82) is 0 Å². The van der Waals surface area contributed by atoms with Gasteiger partial charge in [-0.1, -0.05) is 60.3 Å². The summed E-state index contributed by atoms with van der Waals surface area (Å²) < 4.78 is 6.01. The molecule has 6 rings (SSSR count). The lowest BCUT2D eigenvalue weighted by Gasteiger charge is -2.10. The number of pyridine rings is 1. The number of hydrogen-bond acceptors (Lipinski definition) is 5. The van der Waals surface area contributed by atoms with Crippen molar-refractivity contribution in [3.8, 4) is 17.4 Å². The molecule has 2 heterocycles. The zero-order chi connectivity index (χ0) is 20.1. The lowest BCUT2D eigenvalue weighted by molar-refractivity contribution is 0.460. The highest BCUT2D eigenvalue weighted by atomic mass is 32.2. The molecule has 1 aromatic heterocycles. The number of phenols is 1. The van der Waals surface area contributed by atoms with Gasteiger partial charge in [-0.05, 0) is 41.8 Å². The van der Waals surface area contributed by atoms with Crippen LogP contribution in [-0.4, -0.2) is 21.2 Å². The van der Waals surface area contributed by atoms with Crippen molar-refractivity contribution in [3.63, 3.8) is 0 Å². The number of aromatic hydroxyl groups is 1. The van der Waals surface area contributed by atoms with Gasteiger partial charge in [0.1, 0.15) is 17.0 Å². The standard InChI is InChI=1S/C25H18N2O2S/c28-21-10-4-6-15-11-12-22(27-23(15)21)29-18-8-3-7-17(13-18)25-26-20-14-16-5-1-2-9-19(16)24(20)30-25/h1-13,20,24,28H,14H2/t20-,24-/m0/s1. The van der Waals surface area contributed by atoms with Gasteiger partial charge in [0.25, 0.3) is 0 Å². The summed E-state index contributed by atoms with van der Waals surface area (Å²) in [5.74, 6) is 1.30. The van der Waals surface area contributed by atoms with Crippen LogP contribution in [0.25, 0.3) is 10.9 Å². The number of phenolic OH excluding ortho intramolecular Hbond substituents is 1. The minimum absolute atomic E-state index is 0.148. The van der Waals surface area contributed by atoms with Crippen LogP contribution in [0.4, 0.5) is 0 Å². The first-order valence-corrected chi connectivity index (χ1v) is 10.8. The number of fused-ring (bicyclic) bond motifs is 4. The van der Waals surface area contributed by atoms with E-state index in [2.05, 4.69) is 35.3 Å². The van der Waals surface area contributed by atoms with E-state index < -0.39 is 0 Å². The highest BCUT2D eigenvalue weighted by Crippen LogP contribution is 2.49. The number of ether oxygens (including phenoxy) is 1. The van der Waals surface area contributed by atoms with E-state index in [9.17, 15) is 5.11 Å². The van der Waals surface area contributed by atoms with Gasteiger partial charge < -0.3 is 9.84 Å². The van der Waals surface area contributed by atoms with Crippen molar-refractivity contribution < 1.29 is 9.84 Å². The van der Waals surface area contributed by atoms with Gasteiger partial charge in [0.05, 0.1) is 16.3 Å². The number of hydrogen-bond donors (Lipinski definition) is 1. The molecule has 0 unspecified atom stereocenters. The highest BCUT2D eigenvalue weighted by Gasteiger charge is 2.38. The minimum atomic E-state index is 0.148. The molecule has 2 aliphatic rings. The lowest BCUT2D eigenvalue weighted by Crippen LogP contribution is -2.02. The predicted molar refractivity (Wildman–Crippen MR) is 121 cm³/mol. The van der Waals surface area contributed by atoms with E-state index >= 15 is 0 Å². The molecular weight excluding hydrogens is 392 g/mol. The van der Waals surface area contributed by atoms with Crippen molar-refractivity contribution in [2.24, 2.45) is 4.99 Å². The fraction of sp³-hybridized carbons (Fsp3) is 0.120. The number of nitrogens with zero attached hydrogens (tertiary/aromatic N) is 2. The number of aromatic nitrogens is 1.